The van der Waals surface area contributed by atoms with Crippen molar-refractivity contribution in [3.63, 3.8) is 0 Å². The Kier molecular flexibility index (Phi) is 6.45. The Morgan fingerprint density at radius 2 is 1.93 bits per heavy atom. The molecular formula is C19H17Cl2N5O3S. The highest BCUT2D eigenvalue weighted by Crippen LogP contribution is 2.26. The number of anilines is 2. The Bertz CT molecular complexity index is 1230. The van der Waals surface area contributed by atoms with Gasteiger partial charge in [-0.1, -0.05) is 28.4 Å². The molecular weight excluding hydrogens is 449 g/mol. The topological polar surface area (TPSA) is 120 Å². The average molecular weight is 466 g/mol. The third kappa shape index (κ3) is 4.81. The lowest BCUT2D eigenvalue weighted by Crippen LogP contribution is -2.18. The quantitative estimate of drug-likeness (QED) is 0.421. The van der Waals surface area contributed by atoms with Gasteiger partial charge in [0.15, 0.2) is 0 Å². The standard InChI is InChI=1S/C19H17Cl2N5O3S/c1-11-7-14(3-4-15(11)21)30(27,28)26-16-9-13(20)10-24-19(16)18(25-29-2)12-5-6-23-17(22)8-12/h3-10,26H,1-2H3,(H2,22,23)/b25-18+. The van der Waals surface area contributed by atoms with Gasteiger partial charge < -0.3 is 10.6 Å². The fourth-order valence-electron chi connectivity index (χ4n) is 2.61. The van der Waals surface area contributed by atoms with Crippen LogP contribution in [0.25, 0.3) is 0 Å². The van der Waals surface area contributed by atoms with Crippen LogP contribution in [0, 0.1) is 6.92 Å². The molecule has 0 radical (unpaired) electrons. The fourth-order valence-corrected chi connectivity index (χ4v) is 4.03. The van der Waals surface area contributed by atoms with Gasteiger partial charge in [-0.05, 0) is 48.9 Å². The van der Waals surface area contributed by atoms with Crippen molar-refractivity contribution in [1.29, 1.82) is 0 Å². The first-order valence-electron chi connectivity index (χ1n) is 8.49. The number of nitrogen functional groups attached to an aromatic ring is 1. The highest BCUT2D eigenvalue weighted by Gasteiger charge is 2.22. The van der Waals surface area contributed by atoms with Crippen molar-refractivity contribution in [3.05, 3.63) is 75.7 Å². The van der Waals surface area contributed by atoms with Gasteiger partial charge in [0.05, 0.1) is 15.6 Å². The molecule has 0 saturated carbocycles. The van der Waals surface area contributed by atoms with Gasteiger partial charge in [-0.15, -0.1) is 0 Å². The first kappa shape index (κ1) is 21.8. The van der Waals surface area contributed by atoms with Gasteiger partial charge in [0, 0.05) is 23.0 Å². The SMILES string of the molecule is CO/N=C(\c1ccnc(N)c1)c1ncc(Cl)cc1NS(=O)(=O)c1ccc(Cl)c(C)c1. The van der Waals surface area contributed by atoms with Crippen LogP contribution in [0.5, 0.6) is 0 Å². The molecule has 0 aliphatic carbocycles. The van der Waals surface area contributed by atoms with Crippen molar-refractivity contribution in [3.8, 4) is 0 Å². The number of aryl methyl sites for hydroxylation is 1. The van der Waals surface area contributed by atoms with E-state index in [1.165, 1.54) is 43.8 Å². The number of benzene rings is 1. The van der Waals surface area contributed by atoms with Crippen molar-refractivity contribution in [2.75, 3.05) is 17.6 Å². The van der Waals surface area contributed by atoms with E-state index in [4.69, 9.17) is 33.8 Å². The molecule has 0 unspecified atom stereocenters. The largest absolute Gasteiger partial charge is 0.399 e. The minimum absolute atomic E-state index is 0.0358. The molecule has 3 aromatic rings. The molecule has 0 bridgehead atoms. The number of nitrogens with zero attached hydrogens (tertiary/aromatic N) is 3. The number of nitrogens with one attached hydrogen (secondary N) is 1. The van der Waals surface area contributed by atoms with E-state index in [0.29, 0.717) is 16.1 Å². The van der Waals surface area contributed by atoms with E-state index in [2.05, 4.69) is 19.8 Å². The molecule has 156 valence electrons. The van der Waals surface area contributed by atoms with Gasteiger partial charge >= 0.3 is 0 Å². The second-order valence-electron chi connectivity index (χ2n) is 6.16. The zero-order valence-electron chi connectivity index (χ0n) is 15.9. The number of pyridine rings is 2. The van der Waals surface area contributed by atoms with Crippen LogP contribution in [0.2, 0.25) is 10.0 Å². The number of hydrogen-bond donors (Lipinski definition) is 2. The van der Waals surface area contributed by atoms with Gasteiger partial charge in [0.1, 0.15) is 24.3 Å². The lowest BCUT2D eigenvalue weighted by atomic mass is 10.1. The summed E-state index contributed by atoms with van der Waals surface area (Å²) in [6.45, 7) is 1.71. The van der Waals surface area contributed by atoms with Gasteiger partial charge in [-0.2, -0.15) is 0 Å². The van der Waals surface area contributed by atoms with Crippen LogP contribution in [0.3, 0.4) is 0 Å². The first-order valence-corrected chi connectivity index (χ1v) is 10.7. The summed E-state index contributed by atoms with van der Waals surface area (Å²) in [6, 6.07) is 9.03. The molecule has 0 aliphatic rings. The monoisotopic (exact) mass is 465 g/mol. The molecule has 0 spiro atoms. The van der Waals surface area contributed by atoms with E-state index in [1.54, 1.807) is 19.1 Å². The number of aromatic nitrogens is 2. The van der Waals surface area contributed by atoms with Gasteiger partial charge in [0.2, 0.25) is 0 Å². The molecule has 11 heteroatoms. The van der Waals surface area contributed by atoms with Crippen molar-refractivity contribution in [2.45, 2.75) is 11.8 Å². The average Bonchev–Trinajstić information content (AvgIpc) is 2.68. The lowest BCUT2D eigenvalue weighted by Gasteiger charge is -2.14. The van der Waals surface area contributed by atoms with E-state index in [-0.39, 0.29) is 32.8 Å². The molecule has 0 fully saturated rings. The Balaban J connectivity index is 2.11. The summed E-state index contributed by atoms with van der Waals surface area (Å²) in [5, 5.41) is 4.69. The Morgan fingerprint density at radius 1 is 1.17 bits per heavy atom. The zero-order valence-corrected chi connectivity index (χ0v) is 18.3. The molecule has 0 saturated heterocycles. The van der Waals surface area contributed by atoms with Crippen LogP contribution >= 0.6 is 23.2 Å². The highest BCUT2D eigenvalue weighted by atomic mass is 35.5. The predicted octanol–water partition coefficient (Wildman–Crippen LogP) is 3.87. The first-order chi connectivity index (χ1) is 14.2. The fraction of sp³-hybridized carbons (Fsp3) is 0.105. The smallest absolute Gasteiger partial charge is 0.261 e. The van der Waals surface area contributed by atoms with Crippen molar-refractivity contribution in [1.82, 2.24) is 9.97 Å². The number of sulfonamides is 1. The number of halogens is 2. The Morgan fingerprint density at radius 3 is 2.60 bits per heavy atom. The summed E-state index contributed by atoms with van der Waals surface area (Å²) in [4.78, 5) is 13.2. The maximum absolute atomic E-state index is 13.0. The highest BCUT2D eigenvalue weighted by molar-refractivity contribution is 7.92. The van der Waals surface area contributed by atoms with Crippen LogP contribution in [0.1, 0.15) is 16.8 Å². The summed E-state index contributed by atoms with van der Waals surface area (Å²) >= 11 is 12.1. The molecule has 0 atom stereocenters. The normalized spacial score (nSPS) is 11.9. The molecule has 0 amide bonds. The van der Waals surface area contributed by atoms with E-state index in [0.717, 1.165) is 0 Å². The number of rotatable bonds is 6. The predicted molar refractivity (Wildman–Crippen MR) is 118 cm³/mol. The summed E-state index contributed by atoms with van der Waals surface area (Å²) in [5.41, 5.74) is 7.47. The molecule has 2 aromatic heterocycles. The third-order valence-corrected chi connectivity index (χ3v) is 5.99. The van der Waals surface area contributed by atoms with Crippen LogP contribution in [0.4, 0.5) is 11.5 Å². The van der Waals surface area contributed by atoms with Crippen molar-refractivity contribution >= 4 is 50.4 Å². The minimum Gasteiger partial charge on any atom is -0.399 e. The van der Waals surface area contributed by atoms with Gasteiger partial charge in [-0.25, -0.2) is 13.4 Å². The van der Waals surface area contributed by atoms with Gasteiger partial charge in [0.25, 0.3) is 10.0 Å². The third-order valence-electron chi connectivity index (χ3n) is 4.00. The zero-order chi connectivity index (χ0) is 21.9. The Labute approximate surface area is 183 Å². The summed E-state index contributed by atoms with van der Waals surface area (Å²) < 4.78 is 28.5. The van der Waals surface area contributed by atoms with Crippen LogP contribution < -0.4 is 10.5 Å². The molecule has 2 heterocycles. The molecule has 0 aliphatic heterocycles. The molecule has 8 nitrogen and oxygen atoms in total. The van der Waals surface area contributed by atoms with E-state index in [1.807, 2.05) is 0 Å². The van der Waals surface area contributed by atoms with Crippen LogP contribution in [0.15, 0.2) is 58.8 Å². The van der Waals surface area contributed by atoms with E-state index < -0.39 is 10.0 Å². The van der Waals surface area contributed by atoms with Crippen LogP contribution in [-0.2, 0) is 14.9 Å². The summed E-state index contributed by atoms with van der Waals surface area (Å²) in [5.74, 6) is 0.254. The molecule has 1 aromatic carbocycles. The molecule has 3 N–H and O–H groups in total. The molecule has 3 rings (SSSR count). The van der Waals surface area contributed by atoms with Gasteiger partial charge in [-0.3, -0.25) is 9.71 Å². The summed E-state index contributed by atoms with van der Waals surface area (Å²) in [6.07, 6.45) is 2.86. The second kappa shape index (κ2) is 8.86. The summed E-state index contributed by atoms with van der Waals surface area (Å²) in [7, 11) is -2.61. The Hall–Kier alpha value is -2.88. The van der Waals surface area contributed by atoms with Crippen molar-refractivity contribution < 1.29 is 13.3 Å². The van der Waals surface area contributed by atoms with E-state index in [9.17, 15) is 8.42 Å². The van der Waals surface area contributed by atoms with Crippen molar-refractivity contribution in [2.24, 2.45) is 5.16 Å². The second-order valence-corrected chi connectivity index (χ2v) is 8.68. The van der Waals surface area contributed by atoms with E-state index >= 15 is 0 Å². The maximum Gasteiger partial charge on any atom is 0.261 e. The maximum atomic E-state index is 13.0. The van der Waals surface area contributed by atoms with Crippen LogP contribution in [-0.4, -0.2) is 31.2 Å². The number of oxime groups is 1. The lowest BCUT2D eigenvalue weighted by molar-refractivity contribution is 0.214. The number of hydrogen-bond acceptors (Lipinski definition) is 7. The number of nitrogens with two attached hydrogens (primary N) is 1. The minimum atomic E-state index is -3.97. The molecule has 30 heavy (non-hydrogen) atoms.